The van der Waals surface area contributed by atoms with E-state index < -0.39 is 6.36 Å². The van der Waals surface area contributed by atoms with Crippen LogP contribution in [0, 0.1) is 23.7 Å². The number of ether oxygens (including phenoxy) is 1. The molecule has 0 aromatic heterocycles. The summed E-state index contributed by atoms with van der Waals surface area (Å²) >= 11 is 0. The normalized spacial score (nSPS) is 22.7. The highest BCUT2D eigenvalue weighted by Crippen LogP contribution is 2.38. The Morgan fingerprint density at radius 2 is 1.59 bits per heavy atom. The van der Waals surface area contributed by atoms with Gasteiger partial charge in [-0.3, -0.25) is 0 Å². The van der Waals surface area contributed by atoms with E-state index in [2.05, 4.69) is 32.1 Å². The van der Waals surface area contributed by atoms with Crippen LogP contribution in [0.2, 0.25) is 0 Å². The van der Waals surface area contributed by atoms with E-state index in [9.17, 15) is 13.2 Å². The van der Waals surface area contributed by atoms with Crippen LogP contribution in [-0.4, -0.2) is 6.36 Å². The summed E-state index contributed by atoms with van der Waals surface area (Å²) in [6, 6.07) is 0. The Morgan fingerprint density at radius 1 is 1.04 bits per heavy atom. The lowest BCUT2D eigenvalue weighted by Gasteiger charge is -2.33. The highest BCUT2D eigenvalue weighted by Gasteiger charge is 2.31. The summed E-state index contributed by atoms with van der Waals surface area (Å²) in [7, 11) is 0. The third-order valence-corrected chi connectivity index (χ3v) is 5.27. The summed E-state index contributed by atoms with van der Waals surface area (Å²) in [5.41, 5.74) is 1.01. The van der Waals surface area contributed by atoms with Crippen LogP contribution in [0.1, 0.15) is 80.1 Å². The molecule has 0 aliphatic heterocycles. The number of halogens is 3. The number of hydrogen-bond acceptors (Lipinski definition) is 1. The van der Waals surface area contributed by atoms with E-state index in [4.69, 9.17) is 0 Å². The van der Waals surface area contributed by atoms with Gasteiger partial charge in [-0.2, -0.15) is 0 Å². The standard InChI is InChI=1S/C21H33F3O.C2H6/c1-6-18(10-9-17(5)25-21(22,23)24)20-13-11-19(12-14-20)16(4)8-7-15(2)3;1-2/h6,9-10,15-16,19-20H,1,7-8,11-14H2,2-5H3;1-2H3/b17-9+,18-10+;. The molecule has 1 aliphatic rings. The molecule has 0 bridgehead atoms. The monoisotopic (exact) mass is 388 g/mol. The number of allylic oxidation sites excluding steroid dienone is 5. The lowest BCUT2D eigenvalue weighted by Crippen LogP contribution is -2.21. The van der Waals surface area contributed by atoms with E-state index in [-0.39, 0.29) is 5.76 Å². The van der Waals surface area contributed by atoms with Gasteiger partial charge in [-0.15, -0.1) is 13.2 Å². The maximum Gasteiger partial charge on any atom is 0.572 e. The van der Waals surface area contributed by atoms with Crippen molar-refractivity contribution in [2.75, 3.05) is 0 Å². The first-order chi connectivity index (χ1) is 12.6. The molecule has 1 nitrogen and oxygen atoms in total. The van der Waals surface area contributed by atoms with Crippen LogP contribution < -0.4 is 0 Å². The van der Waals surface area contributed by atoms with Gasteiger partial charge in [0.1, 0.15) is 5.76 Å². The van der Waals surface area contributed by atoms with Gasteiger partial charge in [0.2, 0.25) is 0 Å². The largest absolute Gasteiger partial charge is 0.572 e. The quantitative estimate of drug-likeness (QED) is 0.299. The van der Waals surface area contributed by atoms with Crippen molar-refractivity contribution < 1.29 is 17.9 Å². The third kappa shape index (κ3) is 11.3. The van der Waals surface area contributed by atoms with Gasteiger partial charge in [0.25, 0.3) is 0 Å². The predicted octanol–water partition coefficient (Wildman–Crippen LogP) is 8.44. The van der Waals surface area contributed by atoms with Gasteiger partial charge < -0.3 is 4.74 Å². The minimum Gasteiger partial charge on any atom is -0.411 e. The van der Waals surface area contributed by atoms with Gasteiger partial charge >= 0.3 is 6.36 Å². The molecule has 0 aromatic rings. The molecule has 1 fully saturated rings. The minimum atomic E-state index is -4.63. The van der Waals surface area contributed by atoms with E-state index >= 15 is 0 Å². The molecular weight excluding hydrogens is 349 g/mol. The van der Waals surface area contributed by atoms with Gasteiger partial charge in [0.15, 0.2) is 0 Å². The molecule has 1 aliphatic carbocycles. The zero-order valence-electron chi connectivity index (χ0n) is 18.0. The van der Waals surface area contributed by atoms with E-state index in [1.54, 1.807) is 12.2 Å². The van der Waals surface area contributed by atoms with Gasteiger partial charge in [0.05, 0.1) is 0 Å². The van der Waals surface area contributed by atoms with Crippen molar-refractivity contribution in [2.45, 2.75) is 86.4 Å². The Kier molecular flexibility index (Phi) is 12.5. The molecule has 0 saturated heterocycles. The summed E-state index contributed by atoms with van der Waals surface area (Å²) in [4.78, 5) is 0. The van der Waals surface area contributed by atoms with Crippen LogP contribution in [0.4, 0.5) is 13.2 Å². The van der Waals surface area contributed by atoms with Crippen LogP contribution in [0.25, 0.3) is 0 Å². The van der Waals surface area contributed by atoms with Gasteiger partial charge in [-0.25, -0.2) is 0 Å². The molecule has 0 radical (unpaired) electrons. The maximum absolute atomic E-state index is 12.2. The highest BCUT2D eigenvalue weighted by atomic mass is 19.4. The maximum atomic E-state index is 12.2. The zero-order chi connectivity index (χ0) is 21.0. The summed E-state index contributed by atoms with van der Waals surface area (Å²) in [6.07, 6.45) is 7.37. The molecule has 1 saturated carbocycles. The topological polar surface area (TPSA) is 9.23 Å². The van der Waals surface area contributed by atoms with Gasteiger partial charge in [-0.05, 0) is 67.9 Å². The second kappa shape index (κ2) is 13.1. The van der Waals surface area contributed by atoms with Crippen LogP contribution in [0.5, 0.6) is 0 Å². The molecule has 0 aromatic carbocycles. The summed E-state index contributed by atoms with van der Waals surface area (Å²) in [5.74, 6) is 2.51. The van der Waals surface area contributed by atoms with Crippen LogP contribution in [0.3, 0.4) is 0 Å². The second-order valence-corrected chi connectivity index (χ2v) is 7.76. The van der Waals surface area contributed by atoms with E-state index in [1.165, 1.54) is 38.7 Å². The smallest absolute Gasteiger partial charge is 0.411 e. The SMILES string of the molecule is C=C/C(=C\C=C(/C)OC(F)(F)F)C1CCC(C(C)CCC(C)C)CC1.CC. The first kappa shape index (κ1) is 25.8. The average molecular weight is 389 g/mol. The fraction of sp³-hybridized carbons (Fsp3) is 0.739. The molecule has 0 N–H and O–H groups in total. The Balaban J connectivity index is 0.00000326. The fourth-order valence-electron chi connectivity index (χ4n) is 3.65. The number of alkyl halides is 3. The predicted molar refractivity (Wildman–Crippen MR) is 109 cm³/mol. The zero-order valence-corrected chi connectivity index (χ0v) is 18.0. The van der Waals surface area contributed by atoms with Crippen molar-refractivity contribution in [1.29, 1.82) is 0 Å². The molecule has 0 spiro atoms. The first-order valence-corrected chi connectivity index (χ1v) is 10.4. The van der Waals surface area contributed by atoms with Crippen molar-refractivity contribution in [1.82, 2.24) is 0 Å². The van der Waals surface area contributed by atoms with Crippen molar-refractivity contribution in [3.8, 4) is 0 Å². The van der Waals surface area contributed by atoms with Crippen LogP contribution in [0.15, 0.2) is 36.1 Å². The van der Waals surface area contributed by atoms with Crippen molar-refractivity contribution in [2.24, 2.45) is 23.7 Å². The molecule has 1 unspecified atom stereocenters. The molecule has 4 heteroatoms. The molecule has 27 heavy (non-hydrogen) atoms. The Morgan fingerprint density at radius 3 is 2.04 bits per heavy atom. The van der Waals surface area contributed by atoms with Gasteiger partial charge in [0, 0.05) is 0 Å². The summed E-state index contributed by atoms with van der Waals surface area (Å²) < 4.78 is 40.5. The Hall–Kier alpha value is -1.19. The molecule has 0 amide bonds. The van der Waals surface area contributed by atoms with Crippen molar-refractivity contribution in [3.05, 3.63) is 36.1 Å². The van der Waals surface area contributed by atoms with E-state index in [1.807, 2.05) is 13.8 Å². The Bertz CT molecular complexity index is 467. The average Bonchev–Trinajstić information content (AvgIpc) is 2.61. The minimum absolute atomic E-state index is 0.150. The molecule has 1 atom stereocenters. The van der Waals surface area contributed by atoms with E-state index in [0.29, 0.717) is 5.92 Å². The number of rotatable bonds is 8. The lowest BCUT2D eigenvalue weighted by molar-refractivity contribution is -0.305. The molecule has 158 valence electrons. The molecule has 0 heterocycles. The van der Waals surface area contributed by atoms with Crippen molar-refractivity contribution >= 4 is 0 Å². The van der Waals surface area contributed by atoms with Crippen molar-refractivity contribution in [3.63, 3.8) is 0 Å². The van der Waals surface area contributed by atoms with Crippen LogP contribution in [-0.2, 0) is 4.74 Å². The lowest BCUT2D eigenvalue weighted by atomic mass is 9.72. The number of hydrogen-bond donors (Lipinski definition) is 0. The highest BCUT2D eigenvalue weighted by molar-refractivity contribution is 5.26. The third-order valence-electron chi connectivity index (χ3n) is 5.27. The first-order valence-electron chi connectivity index (χ1n) is 10.4. The molecule has 1 rings (SSSR count). The fourth-order valence-corrected chi connectivity index (χ4v) is 3.65. The van der Waals surface area contributed by atoms with Crippen LogP contribution >= 0.6 is 0 Å². The Labute approximate surface area is 164 Å². The summed E-state index contributed by atoms with van der Waals surface area (Å²) in [6.45, 7) is 16.0. The summed E-state index contributed by atoms with van der Waals surface area (Å²) in [5, 5.41) is 0. The van der Waals surface area contributed by atoms with E-state index in [0.717, 1.165) is 36.2 Å². The second-order valence-electron chi connectivity index (χ2n) is 7.76. The van der Waals surface area contributed by atoms with Gasteiger partial charge in [-0.1, -0.05) is 66.2 Å². The molecular formula is C23H39F3O.